The van der Waals surface area contributed by atoms with Gasteiger partial charge in [0.15, 0.2) is 11.6 Å². The quantitative estimate of drug-likeness (QED) is 0.430. The molecule has 4 aromatic heterocycles. The van der Waals surface area contributed by atoms with E-state index < -0.39 is 0 Å². The number of H-pyrrole nitrogens is 1. The molecule has 4 heterocycles. The van der Waals surface area contributed by atoms with Crippen LogP contribution in [0.3, 0.4) is 0 Å². The monoisotopic (exact) mass is 435 g/mol. The van der Waals surface area contributed by atoms with Crippen LogP contribution in [0.5, 0.6) is 5.88 Å². The third kappa shape index (κ3) is 4.23. The number of aromatic nitrogens is 6. The fourth-order valence-corrected chi connectivity index (χ4v) is 4.85. The third-order valence-electron chi connectivity index (χ3n) is 5.82. The number of thiazole rings is 1. The Hall–Kier alpha value is -3.07. The molecule has 0 aromatic carbocycles. The van der Waals surface area contributed by atoms with Crippen molar-refractivity contribution in [2.45, 2.75) is 57.5 Å². The fourth-order valence-electron chi connectivity index (χ4n) is 4.12. The molecule has 1 fully saturated rings. The van der Waals surface area contributed by atoms with Crippen LogP contribution in [-0.4, -0.2) is 36.5 Å². The first-order valence-electron chi connectivity index (χ1n) is 10.7. The van der Waals surface area contributed by atoms with Gasteiger partial charge in [0.1, 0.15) is 6.10 Å². The van der Waals surface area contributed by atoms with Gasteiger partial charge in [0, 0.05) is 29.4 Å². The Morgan fingerprint density at radius 1 is 1.13 bits per heavy atom. The highest BCUT2D eigenvalue weighted by atomic mass is 32.1. The average molecular weight is 436 g/mol. The molecule has 1 aliphatic carbocycles. The summed E-state index contributed by atoms with van der Waals surface area (Å²) >= 11 is 1.57. The van der Waals surface area contributed by atoms with Gasteiger partial charge in [-0.05, 0) is 43.7 Å². The Morgan fingerprint density at radius 3 is 2.84 bits per heavy atom. The number of aromatic amines is 1. The molecular weight excluding hydrogens is 410 g/mol. The van der Waals surface area contributed by atoms with Crippen LogP contribution >= 0.6 is 11.3 Å². The zero-order chi connectivity index (χ0) is 21.2. The highest BCUT2D eigenvalue weighted by Crippen LogP contribution is 2.36. The van der Waals surface area contributed by atoms with E-state index in [1.807, 2.05) is 17.6 Å². The van der Waals surface area contributed by atoms with Crippen LogP contribution in [0.25, 0.3) is 10.2 Å². The summed E-state index contributed by atoms with van der Waals surface area (Å²) in [6.07, 6.45) is 7.75. The van der Waals surface area contributed by atoms with Crippen LogP contribution in [0.1, 0.15) is 62.6 Å². The van der Waals surface area contributed by atoms with Gasteiger partial charge in [-0.3, -0.25) is 5.10 Å². The molecule has 0 aliphatic heterocycles. The first-order valence-corrected chi connectivity index (χ1v) is 11.5. The van der Waals surface area contributed by atoms with E-state index in [0.29, 0.717) is 17.7 Å². The van der Waals surface area contributed by atoms with Crippen LogP contribution < -0.4 is 10.1 Å². The summed E-state index contributed by atoms with van der Waals surface area (Å²) in [7, 11) is 0. The van der Waals surface area contributed by atoms with Crippen LogP contribution in [0.15, 0.2) is 36.1 Å². The number of ether oxygens (including phenoxy) is 1. The lowest BCUT2D eigenvalue weighted by Gasteiger charge is -2.28. The van der Waals surface area contributed by atoms with Crippen molar-refractivity contribution in [3.8, 4) is 5.88 Å². The Balaban J connectivity index is 1.21. The smallest absolute Gasteiger partial charge is 0.237 e. The molecule has 0 bridgehead atoms. The van der Waals surface area contributed by atoms with Crippen LogP contribution in [-0.2, 0) is 0 Å². The summed E-state index contributed by atoms with van der Waals surface area (Å²) in [5, 5.41) is 19.2. The van der Waals surface area contributed by atoms with E-state index in [2.05, 4.69) is 55.6 Å². The Bertz CT molecular complexity index is 1160. The van der Waals surface area contributed by atoms with Crippen LogP contribution in [0.2, 0.25) is 0 Å². The predicted molar refractivity (Wildman–Crippen MR) is 121 cm³/mol. The van der Waals surface area contributed by atoms with E-state index in [1.54, 1.807) is 23.7 Å². The standard InChI is InChI=1S/C22H25N7OS/c1-13(2)16-7-10-25-29-22(16)30-15-5-3-14(4-6-15)18-11-19(28-27-18)26-21-20-17(8-9-23-21)24-12-31-20/h7-15H,3-6H2,1-2H3,(H2,23,26,27,28). The molecule has 4 aromatic rings. The molecule has 1 saturated carbocycles. The predicted octanol–water partition coefficient (Wildman–Crippen LogP) is 5.18. The van der Waals surface area contributed by atoms with Crippen molar-refractivity contribution >= 4 is 33.2 Å². The van der Waals surface area contributed by atoms with Gasteiger partial charge in [-0.1, -0.05) is 13.8 Å². The largest absolute Gasteiger partial charge is 0.473 e. The second kappa shape index (κ2) is 8.58. The summed E-state index contributed by atoms with van der Waals surface area (Å²) in [6, 6.07) is 6.00. The highest BCUT2D eigenvalue weighted by molar-refractivity contribution is 7.17. The molecule has 31 heavy (non-hydrogen) atoms. The summed E-state index contributed by atoms with van der Waals surface area (Å²) < 4.78 is 7.26. The SMILES string of the molecule is CC(C)c1ccnnc1OC1CCC(c2cc(Nc3nccc4ncsc34)n[nH]2)CC1. The van der Waals surface area contributed by atoms with E-state index in [9.17, 15) is 0 Å². The molecule has 5 rings (SSSR count). The number of nitrogens with zero attached hydrogens (tertiary/aromatic N) is 5. The number of hydrogen-bond donors (Lipinski definition) is 2. The molecule has 160 valence electrons. The summed E-state index contributed by atoms with van der Waals surface area (Å²) in [5.74, 6) is 3.06. The van der Waals surface area contributed by atoms with Crippen molar-refractivity contribution in [2.75, 3.05) is 5.32 Å². The number of pyridine rings is 1. The Morgan fingerprint density at radius 2 is 2.00 bits per heavy atom. The second-order valence-corrected chi connectivity index (χ2v) is 9.09. The van der Waals surface area contributed by atoms with Gasteiger partial charge < -0.3 is 10.1 Å². The maximum absolute atomic E-state index is 6.22. The van der Waals surface area contributed by atoms with Crippen LogP contribution in [0.4, 0.5) is 11.6 Å². The molecule has 0 atom stereocenters. The van der Waals surface area contributed by atoms with Gasteiger partial charge in [-0.25, -0.2) is 9.97 Å². The van der Waals surface area contributed by atoms with E-state index in [-0.39, 0.29) is 6.10 Å². The molecule has 8 nitrogen and oxygen atoms in total. The van der Waals surface area contributed by atoms with Gasteiger partial charge in [0.2, 0.25) is 5.88 Å². The average Bonchev–Trinajstić information content (AvgIpc) is 3.45. The van der Waals surface area contributed by atoms with Crippen molar-refractivity contribution in [3.05, 3.63) is 47.4 Å². The number of rotatable bonds is 6. The van der Waals surface area contributed by atoms with E-state index >= 15 is 0 Å². The van der Waals surface area contributed by atoms with Crippen molar-refractivity contribution in [2.24, 2.45) is 0 Å². The van der Waals surface area contributed by atoms with E-state index in [0.717, 1.165) is 58.8 Å². The lowest BCUT2D eigenvalue weighted by Crippen LogP contribution is -2.24. The van der Waals surface area contributed by atoms with Gasteiger partial charge in [-0.2, -0.15) is 10.2 Å². The summed E-state index contributed by atoms with van der Waals surface area (Å²) in [6.45, 7) is 4.30. The molecule has 0 unspecified atom stereocenters. The Kier molecular flexibility index (Phi) is 5.50. The van der Waals surface area contributed by atoms with Crippen LogP contribution in [0, 0.1) is 0 Å². The maximum atomic E-state index is 6.22. The maximum Gasteiger partial charge on any atom is 0.237 e. The third-order valence-corrected chi connectivity index (χ3v) is 6.67. The van der Waals surface area contributed by atoms with Crippen molar-refractivity contribution in [3.63, 3.8) is 0 Å². The lowest BCUT2D eigenvalue weighted by molar-refractivity contribution is 0.136. The number of hydrogen-bond acceptors (Lipinski definition) is 8. The fraction of sp³-hybridized carbons (Fsp3) is 0.409. The lowest BCUT2D eigenvalue weighted by atomic mass is 9.85. The van der Waals surface area contributed by atoms with Crippen molar-refractivity contribution in [1.82, 2.24) is 30.4 Å². The normalized spacial score (nSPS) is 19.1. The highest BCUT2D eigenvalue weighted by Gasteiger charge is 2.26. The van der Waals surface area contributed by atoms with E-state index in [1.165, 1.54) is 0 Å². The minimum atomic E-state index is 0.180. The number of anilines is 2. The number of nitrogens with one attached hydrogen (secondary N) is 2. The van der Waals surface area contributed by atoms with Gasteiger partial charge >= 0.3 is 0 Å². The molecule has 0 spiro atoms. The second-order valence-electron chi connectivity index (χ2n) is 8.23. The number of fused-ring (bicyclic) bond motifs is 1. The first-order chi connectivity index (χ1) is 15.2. The zero-order valence-corrected chi connectivity index (χ0v) is 18.4. The van der Waals surface area contributed by atoms with Crippen molar-refractivity contribution in [1.29, 1.82) is 0 Å². The topological polar surface area (TPSA) is 102 Å². The minimum Gasteiger partial charge on any atom is -0.473 e. The Labute approximate surface area is 184 Å². The minimum absolute atomic E-state index is 0.180. The molecule has 2 N–H and O–H groups in total. The molecule has 1 aliphatic rings. The first kappa shape index (κ1) is 19.9. The zero-order valence-electron chi connectivity index (χ0n) is 17.6. The molecular formula is C22H25N7OS. The summed E-state index contributed by atoms with van der Waals surface area (Å²) in [4.78, 5) is 8.78. The van der Waals surface area contributed by atoms with Crippen molar-refractivity contribution < 1.29 is 4.74 Å². The summed E-state index contributed by atoms with van der Waals surface area (Å²) in [5.41, 5.74) is 5.05. The molecule has 0 saturated heterocycles. The van der Waals surface area contributed by atoms with Gasteiger partial charge in [-0.15, -0.1) is 16.4 Å². The molecule has 0 radical (unpaired) electrons. The van der Waals surface area contributed by atoms with Gasteiger partial charge in [0.05, 0.1) is 21.9 Å². The van der Waals surface area contributed by atoms with E-state index in [4.69, 9.17) is 4.74 Å². The van der Waals surface area contributed by atoms with Gasteiger partial charge in [0.25, 0.3) is 0 Å². The molecule has 9 heteroatoms. The molecule has 0 amide bonds.